The lowest BCUT2D eigenvalue weighted by Crippen LogP contribution is -2.44. The standard InChI is InChI=1S/C12H18N4O2/c1-15-7-5-9(6-8-15)16(2)12(18)10-3-4-11(17)14-13-10/h3-4,9H,5-8H2,1-2H3,(H,14,17). The van der Waals surface area contributed by atoms with E-state index in [0.29, 0.717) is 0 Å². The number of likely N-dealkylation sites (tertiary alicyclic amines) is 1. The molecule has 2 heterocycles. The summed E-state index contributed by atoms with van der Waals surface area (Å²) >= 11 is 0. The van der Waals surface area contributed by atoms with Gasteiger partial charge in [-0.2, -0.15) is 5.10 Å². The van der Waals surface area contributed by atoms with E-state index in [9.17, 15) is 9.59 Å². The van der Waals surface area contributed by atoms with E-state index in [2.05, 4.69) is 22.1 Å². The maximum atomic E-state index is 12.2. The smallest absolute Gasteiger partial charge is 0.274 e. The lowest BCUT2D eigenvalue weighted by molar-refractivity contribution is 0.0652. The molecule has 0 bridgehead atoms. The predicted molar refractivity (Wildman–Crippen MR) is 67.5 cm³/mol. The van der Waals surface area contributed by atoms with Crippen LogP contribution < -0.4 is 5.56 Å². The normalized spacial score (nSPS) is 17.7. The number of carbonyl (C=O) groups is 1. The lowest BCUT2D eigenvalue weighted by atomic mass is 10.0. The molecule has 0 spiro atoms. The molecule has 1 saturated heterocycles. The SMILES string of the molecule is CN1CCC(N(C)C(=O)c2ccc(=O)[nH]n2)CC1. The van der Waals surface area contributed by atoms with E-state index in [1.807, 2.05) is 0 Å². The summed E-state index contributed by atoms with van der Waals surface area (Å²) in [6, 6.07) is 3.04. The first-order chi connectivity index (χ1) is 8.58. The molecule has 1 aliphatic rings. The van der Waals surface area contributed by atoms with Crippen molar-refractivity contribution in [1.29, 1.82) is 0 Å². The molecule has 6 heteroatoms. The zero-order valence-corrected chi connectivity index (χ0v) is 10.7. The molecule has 0 radical (unpaired) electrons. The van der Waals surface area contributed by atoms with Crippen molar-refractivity contribution in [3.63, 3.8) is 0 Å². The van der Waals surface area contributed by atoms with Crippen LogP contribution in [0.4, 0.5) is 0 Å². The molecule has 0 aliphatic carbocycles. The summed E-state index contributed by atoms with van der Waals surface area (Å²) in [5.41, 5.74) is -0.00970. The molecule has 0 atom stereocenters. The molecule has 1 amide bonds. The Morgan fingerprint density at radius 3 is 2.67 bits per heavy atom. The van der Waals surface area contributed by atoms with Crippen LogP contribution in [0.15, 0.2) is 16.9 Å². The highest BCUT2D eigenvalue weighted by atomic mass is 16.2. The highest BCUT2D eigenvalue weighted by molar-refractivity contribution is 5.92. The zero-order valence-electron chi connectivity index (χ0n) is 10.7. The van der Waals surface area contributed by atoms with Crippen molar-refractivity contribution in [1.82, 2.24) is 20.0 Å². The Morgan fingerprint density at radius 2 is 2.11 bits per heavy atom. The first-order valence-corrected chi connectivity index (χ1v) is 6.09. The number of hydrogen-bond donors (Lipinski definition) is 1. The third kappa shape index (κ3) is 2.76. The Balaban J connectivity index is 2.04. The Kier molecular flexibility index (Phi) is 3.76. The Labute approximate surface area is 106 Å². The van der Waals surface area contributed by atoms with E-state index in [0.717, 1.165) is 25.9 Å². The van der Waals surface area contributed by atoms with Gasteiger partial charge in [-0.05, 0) is 39.0 Å². The van der Waals surface area contributed by atoms with Crippen LogP contribution in [0, 0.1) is 0 Å². The number of nitrogens with one attached hydrogen (secondary N) is 1. The second-order valence-corrected chi connectivity index (χ2v) is 4.76. The van der Waals surface area contributed by atoms with Gasteiger partial charge in [-0.1, -0.05) is 0 Å². The molecule has 1 fully saturated rings. The zero-order chi connectivity index (χ0) is 13.1. The molecule has 0 unspecified atom stereocenters. The van der Waals surface area contributed by atoms with Crippen molar-refractivity contribution in [3.8, 4) is 0 Å². The van der Waals surface area contributed by atoms with Crippen molar-refractivity contribution < 1.29 is 4.79 Å². The fourth-order valence-electron chi connectivity index (χ4n) is 2.19. The van der Waals surface area contributed by atoms with Crippen molar-refractivity contribution in [2.45, 2.75) is 18.9 Å². The molecule has 2 rings (SSSR count). The molecule has 18 heavy (non-hydrogen) atoms. The van der Waals surface area contributed by atoms with Crippen LogP contribution >= 0.6 is 0 Å². The number of H-pyrrole nitrogens is 1. The van der Waals surface area contributed by atoms with Crippen LogP contribution in [0.1, 0.15) is 23.3 Å². The van der Waals surface area contributed by atoms with Gasteiger partial charge in [-0.25, -0.2) is 5.10 Å². The van der Waals surface area contributed by atoms with E-state index >= 15 is 0 Å². The van der Waals surface area contributed by atoms with E-state index in [1.165, 1.54) is 12.1 Å². The average Bonchev–Trinajstić information content (AvgIpc) is 2.39. The van der Waals surface area contributed by atoms with Gasteiger partial charge in [0, 0.05) is 19.2 Å². The molecule has 1 aromatic heterocycles. The van der Waals surface area contributed by atoms with Crippen LogP contribution in [0.5, 0.6) is 0 Å². The first kappa shape index (κ1) is 12.8. The fraction of sp³-hybridized carbons (Fsp3) is 0.583. The van der Waals surface area contributed by atoms with Crippen LogP contribution in [0.2, 0.25) is 0 Å². The fourth-order valence-corrected chi connectivity index (χ4v) is 2.19. The Hall–Kier alpha value is -1.69. The number of nitrogens with zero attached hydrogens (tertiary/aromatic N) is 3. The van der Waals surface area contributed by atoms with Crippen LogP contribution in [0.3, 0.4) is 0 Å². The van der Waals surface area contributed by atoms with Gasteiger partial charge in [0.2, 0.25) is 0 Å². The van der Waals surface area contributed by atoms with Gasteiger partial charge in [0.05, 0.1) is 0 Å². The third-order valence-corrected chi connectivity index (χ3v) is 3.45. The van der Waals surface area contributed by atoms with Gasteiger partial charge < -0.3 is 9.80 Å². The van der Waals surface area contributed by atoms with Gasteiger partial charge >= 0.3 is 0 Å². The molecule has 0 saturated carbocycles. The Morgan fingerprint density at radius 1 is 1.44 bits per heavy atom. The maximum Gasteiger partial charge on any atom is 0.274 e. The summed E-state index contributed by atoms with van der Waals surface area (Å²) in [7, 11) is 3.88. The minimum atomic E-state index is -0.298. The molecule has 98 valence electrons. The molecular formula is C12H18N4O2. The molecule has 1 N–H and O–H groups in total. The number of amides is 1. The third-order valence-electron chi connectivity index (χ3n) is 3.45. The predicted octanol–water partition coefficient (Wildman–Crippen LogP) is -0.0639. The summed E-state index contributed by atoms with van der Waals surface area (Å²) in [6.07, 6.45) is 1.95. The summed E-state index contributed by atoms with van der Waals surface area (Å²) in [5.74, 6) is -0.138. The molecule has 1 aliphatic heterocycles. The van der Waals surface area contributed by atoms with Crippen LogP contribution in [-0.4, -0.2) is 59.1 Å². The second-order valence-electron chi connectivity index (χ2n) is 4.76. The number of hydrogen-bond acceptors (Lipinski definition) is 4. The monoisotopic (exact) mass is 250 g/mol. The molecule has 1 aromatic rings. The summed E-state index contributed by atoms with van der Waals surface area (Å²) in [6.45, 7) is 2.00. The molecule has 0 aromatic carbocycles. The average molecular weight is 250 g/mol. The maximum absolute atomic E-state index is 12.2. The highest BCUT2D eigenvalue weighted by Gasteiger charge is 2.25. The number of aromatic amines is 1. The van der Waals surface area contributed by atoms with Gasteiger partial charge in [0.15, 0.2) is 0 Å². The first-order valence-electron chi connectivity index (χ1n) is 6.09. The number of piperidine rings is 1. The van der Waals surface area contributed by atoms with Crippen molar-refractivity contribution in [2.75, 3.05) is 27.2 Å². The van der Waals surface area contributed by atoms with Gasteiger partial charge in [-0.3, -0.25) is 9.59 Å². The lowest BCUT2D eigenvalue weighted by Gasteiger charge is -2.34. The second kappa shape index (κ2) is 5.30. The number of rotatable bonds is 2. The summed E-state index contributed by atoms with van der Waals surface area (Å²) in [5, 5.41) is 6.05. The largest absolute Gasteiger partial charge is 0.337 e. The Bertz CT molecular complexity index is 457. The van der Waals surface area contributed by atoms with Gasteiger partial charge in [-0.15, -0.1) is 0 Å². The number of aromatic nitrogens is 2. The highest BCUT2D eigenvalue weighted by Crippen LogP contribution is 2.15. The minimum Gasteiger partial charge on any atom is -0.337 e. The summed E-state index contributed by atoms with van der Waals surface area (Å²) < 4.78 is 0. The van der Waals surface area contributed by atoms with E-state index in [4.69, 9.17) is 0 Å². The van der Waals surface area contributed by atoms with Crippen LogP contribution in [-0.2, 0) is 0 Å². The van der Waals surface area contributed by atoms with E-state index in [1.54, 1.807) is 11.9 Å². The molecular weight excluding hydrogens is 232 g/mol. The van der Waals surface area contributed by atoms with Crippen molar-refractivity contribution >= 4 is 5.91 Å². The minimum absolute atomic E-state index is 0.138. The van der Waals surface area contributed by atoms with Gasteiger partial charge in [0.25, 0.3) is 11.5 Å². The quantitative estimate of drug-likeness (QED) is 0.798. The van der Waals surface area contributed by atoms with Crippen molar-refractivity contribution in [2.24, 2.45) is 0 Å². The number of carbonyl (C=O) groups excluding carboxylic acids is 1. The topological polar surface area (TPSA) is 69.3 Å². The van der Waals surface area contributed by atoms with Crippen LogP contribution in [0.25, 0.3) is 0 Å². The van der Waals surface area contributed by atoms with Crippen molar-refractivity contribution in [3.05, 3.63) is 28.2 Å². The van der Waals surface area contributed by atoms with E-state index in [-0.39, 0.29) is 23.2 Å². The van der Waals surface area contributed by atoms with E-state index < -0.39 is 0 Å². The van der Waals surface area contributed by atoms with Gasteiger partial charge in [0.1, 0.15) is 5.69 Å². The molecule has 6 nitrogen and oxygen atoms in total. The summed E-state index contributed by atoms with van der Waals surface area (Å²) in [4.78, 5) is 27.1.